The summed E-state index contributed by atoms with van der Waals surface area (Å²) in [6, 6.07) is 9.85. The number of carbonyl (C=O) groups is 1. The van der Waals surface area contributed by atoms with E-state index in [1.165, 1.54) is 19.2 Å². The molecule has 1 aliphatic rings. The van der Waals surface area contributed by atoms with Gasteiger partial charge in [-0.1, -0.05) is 6.92 Å². The Kier molecular flexibility index (Phi) is 5.56. The van der Waals surface area contributed by atoms with Crippen LogP contribution in [0.15, 0.2) is 42.6 Å². The van der Waals surface area contributed by atoms with Crippen molar-refractivity contribution < 1.29 is 18.3 Å². The van der Waals surface area contributed by atoms with Crippen molar-refractivity contribution in [3.05, 3.63) is 71.2 Å². The Morgan fingerprint density at radius 2 is 1.91 bits per heavy atom. The van der Waals surface area contributed by atoms with Crippen molar-refractivity contribution in [3.8, 4) is 0 Å². The van der Waals surface area contributed by atoms with E-state index in [2.05, 4.69) is 26.6 Å². The number of carbonyl (C=O) groups excluding carboxylic acids is 1. The van der Waals surface area contributed by atoms with Gasteiger partial charge in [-0.2, -0.15) is 0 Å². The number of rotatable bonds is 4. The molecular weight excluding hydrogens is 424 g/mol. The zero-order valence-corrected chi connectivity index (χ0v) is 18.6. The van der Waals surface area contributed by atoms with E-state index in [4.69, 9.17) is 0 Å². The van der Waals surface area contributed by atoms with Gasteiger partial charge in [0, 0.05) is 17.5 Å². The third kappa shape index (κ3) is 3.86. The Balaban J connectivity index is 1.34. The van der Waals surface area contributed by atoms with Crippen molar-refractivity contribution in [3.63, 3.8) is 0 Å². The van der Waals surface area contributed by atoms with Crippen LogP contribution < -0.4 is 0 Å². The molecule has 2 heterocycles. The maximum absolute atomic E-state index is 14.8. The molecule has 2 aromatic carbocycles. The van der Waals surface area contributed by atoms with E-state index in [9.17, 15) is 13.6 Å². The minimum absolute atomic E-state index is 0.114. The molecule has 0 saturated heterocycles. The van der Waals surface area contributed by atoms with E-state index < -0.39 is 11.8 Å². The van der Waals surface area contributed by atoms with E-state index >= 15 is 0 Å². The van der Waals surface area contributed by atoms with Crippen LogP contribution in [0.3, 0.4) is 0 Å². The summed E-state index contributed by atoms with van der Waals surface area (Å²) in [5.74, 6) is -0.0158. The number of nitrogens with zero attached hydrogens (tertiary/aromatic N) is 2. The van der Waals surface area contributed by atoms with Gasteiger partial charge in [-0.05, 0) is 79.5 Å². The molecule has 170 valence electrons. The van der Waals surface area contributed by atoms with E-state index in [0.717, 1.165) is 48.0 Å². The van der Waals surface area contributed by atoms with Gasteiger partial charge in [-0.3, -0.25) is 4.98 Å². The molecule has 1 atom stereocenters. The molecule has 1 aliphatic carbocycles. The Morgan fingerprint density at radius 1 is 1.12 bits per heavy atom. The minimum atomic E-state index is -0.714. The molecule has 1 saturated carbocycles. The molecule has 2 aromatic heterocycles. The number of pyridine rings is 1. The van der Waals surface area contributed by atoms with E-state index in [-0.39, 0.29) is 22.8 Å². The molecule has 7 heteroatoms. The molecule has 1 unspecified atom stereocenters. The van der Waals surface area contributed by atoms with Crippen LogP contribution >= 0.6 is 0 Å². The standard InChI is InChI=1S/C26H25F2N3O2/c1-14(25-30-22-10-8-19(26(32)33-2)23(28)24(22)31-25)15-3-5-16(6-4-15)18-11-12-29-21-9-7-17(27)13-20(18)21/h7-16H,3-6H2,1-2H3,(H,30,31). The number of imidazole rings is 1. The van der Waals surface area contributed by atoms with Gasteiger partial charge in [-0.25, -0.2) is 18.6 Å². The number of benzene rings is 2. The number of aromatic nitrogens is 3. The van der Waals surface area contributed by atoms with Gasteiger partial charge in [0.2, 0.25) is 0 Å². The fourth-order valence-electron chi connectivity index (χ4n) is 5.19. The summed E-state index contributed by atoms with van der Waals surface area (Å²) >= 11 is 0. The second-order valence-corrected chi connectivity index (χ2v) is 8.90. The van der Waals surface area contributed by atoms with Crippen LogP contribution in [0, 0.1) is 17.6 Å². The SMILES string of the molecule is COC(=O)c1ccc2[nH]c(C(C)C3CCC(c4ccnc5ccc(F)cc45)CC3)nc2c1F. The number of esters is 1. The second kappa shape index (κ2) is 8.54. The van der Waals surface area contributed by atoms with Gasteiger partial charge in [0.1, 0.15) is 17.2 Å². The normalized spacial score (nSPS) is 19.6. The molecule has 0 radical (unpaired) electrons. The maximum Gasteiger partial charge on any atom is 0.340 e. The number of H-pyrrole nitrogens is 1. The first-order valence-corrected chi connectivity index (χ1v) is 11.3. The lowest BCUT2D eigenvalue weighted by Gasteiger charge is -2.32. The molecular formula is C26H25F2N3O2. The molecule has 0 aliphatic heterocycles. The van der Waals surface area contributed by atoms with Crippen molar-refractivity contribution in [1.29, 1.82) is 0 Å². The molecule has 33 heavy (non-hydrogen) atoms. The summed E-state index contributed by atoms with van der Waals surface area (Å²) in [4.78, 5) is 23.9. The third-order valence-corrected chi connectivity index (χ3v) is 7.10. The van der Waals surface area contributed by atoms with Crippen molar-refractivity contribution >= 4 is 27.9 Å². The van der Waals surface area contributed by atoms with Crippen LogP contribution in [-0.4, -0.2) is 28.0 Å². The molecule has 1 fully saturated rings. The van der Waals surface area contributed by atoms with Crippen LogP contribution in [0.25, 0.3) is 21.9 Å². The highest BCUT2D eigenvalue weighted by Gasteiger charge is 2.30. The largest absolute Gasteiger partial charge is 0.465 e. The lowest BCUT2D eigenvalue weighted by atomic mass is 9.73. The summed E-state index contributed by atoms with van der Waals surface area (Å²) < 4.78 is 33.3. The summed E-state index contributed by atoms with van der Waals surface area (Å²) in [5.41, 5.74) is 2.60. The first kappa shape index (κ1) is 21.5. The van der Waals surface area contributed by atoms with Crippen LogP contribution in [0.1, 0.15) is 66.2 Å². The smallest absolute Gasteiger partial charge is 0.340 e. The van der Waals surface area contributed by atoms with Crippen molar-refractivity contribution in [2.24, 2.45) is 5.92 Å². The Bertz CT molecular complexity index is 1340. The average molecular weight is 450 g/mol. The predicted molar refractivity (Wildman–Crippen MR) is 122 cm³/mol. The number of hydrogen-bond donors (Lipinski definition) is 1. The molecule has 0 bridgehead atoms. The molecule has 1 N–H and O–H groups in total. The molecule has 0 spiro atoms. The van der Waals surface area contributed by atoms with Crippen molar-refractivity contribution in [1.82, 2.24) is 15.0 Å². The predicted octanol–water partition coefficient (Wildman–Crippen LogP) is 6.25. The number of nitrogens with one attached hydrogen (secondary N) is 1. The maximum atomic E-state index is 14.8. The molecule has 4 aromatic rings. The number of aromatic amines is 1. The Hall–Kier alpha value is -3.35. The summed E-state index contributed by atoms with van der Waals surface area (Å²) in [6.07, 6.45) is 5.78. The zero-order chi connectivity index (χ0) is 23.1. The minimum Gasteiger partial charge on any atom is -0.465 e. The third-order valence-electron chi connectivity index (χ3n) is 7.10. The van der Waals surface area contributed by atoms with Crippen LogP contribution in [-0.2, 0) is 4.74 Å². The first-order chi connectivity index (χ1) is 16.0. The fraction of sp³-hybridized carbons (Fsp3) is 0.346. The van der Waals surface area contributed by atoms with Crippen LogP contribution in [0.4, 0.5) is 8.78 Å². The number of hydrogen-bond acceptors (Lipinski definition) is 4. The molecule has 0 amide bonds. The fourth-order valence-corrected chi connectivity index (χ4v) is 5.19. The van der Waals surface area contributed by atoms with Gasteiger partial charge in [0.05, 0.1) is 23.7 Å². The molecule has 5 nitrogen and oxygen atoms in total. The van der Waals surface area contributed by atoms with Gasteiger partial charge in [0.25, 0.3) is 0 Å². The van der Waals surface area contributed by atoms with E-state index in [1.54, 1.807) is 24.4 Å². The van der Waals surface area contributed by atoms with Gasteiger partial charge >= 0.3 is 5.97 Å². The van der Waals surface area contributed by atoms with Crippen molar-refractivity contribution in [2.45, 2.75) is 44.4 Å². The highest BCUT2D eigenvalue weighted by atomic mass is 19.1. The highest BCUT2D eigenvalue weighted by molar-refractivity contribution is 5.94. The van der Waals surface area contributed by atoms with Crippen LogP contribution in [0.2, 0.25) is 0 Å². The topological polar surface area (TPSA) is 67.9 Å². The Labute approximate surface area is 190 Å². The number of ether oxygens (including phenoxy) is 1. The lowest BCUT2D eigenvalue weighted by Crippen LogP contribution is -2.19. The van der Waals surface area contributed by atoms with E-state index in [0.29, 0.717) is 17.4 Å². The first-order valence-electron chi connectivity index (χ1n) is 11.3. The van der Waals surface area contributed by atoms with Gasteiger partial charge in [-0.15, -0.1) is 0 Å². The highest BCUT2D eigenvalue weighted by Crippen LogP contribution is 2.43. The van der Waals surface area contributed by atoms with Crippen molar-refractivity contribution in [2.75, 3.05) is 7.11 Å². The summed E-state index contributed by atoms with van der Waals surface area (Å²) in [6.45, 7) is 2.11. The lowest BCUT2D eigenvalue weighted by molar-refractivity contribution is 0.0596. The monoisotopic (exact) mass is 449 g/mol. The van der Waals surface area contributed by atoms with Gasteiger partial charge in [0.15, 0.2) is 5.82 Å². The number of halogens is 2. The second-order valence-electron chi connectivity index (χ2n) is 8.90. The quantitative estimate of drug-likeness (QED) is 0.374. The van der Waals surface area contributed by atoms with Gasteiger partial charge < -0.3 is 9.72 Å². The summed E-state index contributed by atoms with van der Waals surface area (Å²) in [7, 11) is 1.23. The molecule has 5 rings (SSSR count). The number of methoxy groups -OCH3 is 1. The Morgan fingerprint density at radius 3 is 2.67 bits per heavy atom. The average Bonchev–Trinajstić information content (AvgIpc) is 3.28. The number of fused-ring (bicyclic) bond motifs is 2. The summed E-state index contributed by atoms with van der Waals surface area (Å²) in [5, 5.41) is 0.892. The zero-order valence-electron chi connectivity index (χ0n) is 18.6. The van der Waals surface area contributed by atoms with E-state index in [1.807, 2.05) is 6.07 Å². The van der Waals surface area contributed by atoms with Crippen LogP contribution in [0.5, 0.6) is 0 Å².